The second kappa shape index (κ2) is 6.59. The third-order valence-corrected chi connectivity index (χ3v) is 6.81. The fraction of sp³-hybridized carbons (Fsp3) is 0.333. The Kier molecular flexibility index (Phi) is 4.74. The van der Waals surface area contributed by atoms with Gasteiger partial charge in [-0.05, 0) is 68.1 Å². The molecule has 8 heteroatoms. The van der Waals surface area contributed by atoms with E-state index in [0.29, 0.717) is 21.8 Å². The Morgan fingerprint density at radius 2 is 1.58 bits per heavy atom. The molecule has 1 N–H and O–H groups in total. The fourth-order valence-corrected chi connectivity index (χ4v) is 5.43. The van der Waals surface area contributed by atoms with E-state index in [1.54, 1.807) is 37.3 Å². The number of benzene rings is 2. The second-order valence-corrected chi connectivity index (χ2v) is 10.3. The van der Waals surface area contributed by atoms with E-state index in [2.05, 4.69) is 4.72 Å². The van der Waals surface area contributed by atoms with Crippen molar-refractivity contribution in [2.45, 2.75) is 37.6 Å². The Bertz CT molecular complexity index is 1030. The molecule has 1 fully saturated rings. The Morgan fingerprint density at radius 3 is 2.12 bits per heavy atom. The van der Waals surface area contributed by atoms with Crippen molar-refractivity contribution in [2.75, 3.05) is 15.3 Å². The molecule has 0 saturated heterocycles. The third-order valence-electron chi connectivity index (χ3n) is 4.18. The van der Waals surface area contributed by atoms with Crippen molar-refractivity contribution >= 4 is 31.4 Å². The van der Waals surface area contributed by atoms with E-state index in [9.17, 15) is 16.8 Å². The molecular weight excluding hydrogens is 372 g/mol. The van der Waals surface area contributed by atoms with Crippen LogP contribution in [0.5, 0.6) is 0 Å². The first-order chi connectivity index (χ1) is 12.1. The minimum atomic E-state index is -3.70. The lowest BCUT2D eigenvalue weighted by molar-refractivity contribution is 0.589. The van der Waals surface area contributed by atoms with Gasteiger partial charge in [0, 0.05) is 11.7 Å². The topological polar surface area (TPSA) is 83.6 Å². The van der Waals surface area contributed by atoms with Crippen LogP contribution in [0.2, 0.25) is 0 Å². The molecule has 0 unspecified atom stereocenters. The van der Waals surface area contributed by atoms with Crippen LogP contribution in [0.25, 0.3) is 0 Å². The van der Waals surface area contributed by atoms with Crippen LogP contribution in [0.3, 0.4) is 0 Å². The summed E-state index contributed by atoms with van der Waals surface area (Å²) < 4.78 is 53.1. The lowest BCUT2D eigenvalue weighted by Gasteiger charge is -2.25. The van der Waals surface area contributed by atoms with Gasteiger partial charge in [0.1, 0.15) is 0 Å². The lowest BCUT2D eigenvalue weighted by Crippen LogP contribution is -2.33. The van der Waals surface area contributed by atoms with Gasteiger partial charge in [0.15, 0.2) is 0 Å². The number of anilines is 2. The predicted molar refractivity (Wildman–Crippen MR) is 104 cm³/mol. The van der Waals surface area contributed by atoms with Crippen LogP contribution in [0, 0.1) is 13.8 Å². The van der Waals surface area contributed by atoms with Crippen molar-refractivity contribution in [3.63, 3.8) is 0 Å². The summed E-state index contributed by atoms with van der Waals surface area (Å²) in [4.78, 5) is 0.308. The van der Waals surface area contributed by atoms with E-state index in [0.717, 1.165) is 24.7 Å². The van der Waals surface area contributed by atoms with Crippen LogP contribution < -0.4 is 9.03 Å². The molecule has 0 amide bonds. The van der Waals surface area contributed by atoms with Gasteiger partial charge in [-0.3, -0.25) is 9.03 Å². The number of aryl methyl sites for hydroxylation is 2. The zero-order chi connectivity index (χ0) is 19.1. The summed E-state index contributed by atoms with van der Waals surface area (Å²) in [6, 6.07) is 11.7. The highest BCUT2D eigenvalue weighted by molar-refractivity contribution is 7.93. The largest absolute Gasteiger partial charge is 0.284 e. The number of hydrogen-bond acceptors (Lipinski definition) is 4. The summed E-state index contributed by atoms with van der Waals surface area (Å²) in [6.45, 7) is 3.65. The molecule has 2 aromatic rings. The van der Waals surface area contributed by atoms with Crippen LogP contribution in [0.15, 0.2) is 47.4 Å². The highest BCUT2D eigenvalue weighted by atomic mass is 32.2. The zero-order valence-electron chi connectivity index (χ0n) is 14.9. The van der Waals surface area contributed by atoms with Crippen molar-refractivity contribution in [3.05, 3.63) is 53.6 Å². The standard InChI is InChI=1S/C18H22N2O4S2/c1-13-4-5-14(2)18(12-13)26(23,24)20(17-10-11-17)16-8-6-15(7-9-16)19-25(3,21)22/h4-9,12,17,19H,10-11H2,1-3H3. The molecule has 0 spiro atoms. The van der Waals surface area contributed by atoms with Crippen LogP contribution in [0.4, 0.5) is 11.4 Å². The SMILES string of the molecule is Cc1ccc(C)c(S(=O)(=O)N(c2ccc(NS(C)(=O)=O)cc2)C2CC2)c1. The summed E-state index contributed by atoms with van der Waals surface area (Å²) >= 11 is 0. The lowest BCUT2D eigenvalue weighted by atomic mass is 10.2. The molecule has 3 rings (SSSR count). The average molecular weight is 395 g/mol. The van der Waals surface area contributed by atoms with Crippen molar-refractivity contribution in [1.82, 2.24) is 0 Å². The van der Waals surface area contributed by atoms with Crippen molar-refractivity contribution < 1.29 is 16.8 Å². The maximum absolute atomic E-state index is 13.3. The highest BCUT2D eigenvalue weighted by Gasteiger charge is 2.38. The quantitative estimate of drug-likeness (QED) is 0.816. The second-order valence-electron chi connectivity index (χ2n) is 6.72. The van der Waals surface area contributed by atoms with E-state index in [-0.39, 0.29) is 6.04 Å². The minimum absolute atomic E-state index is 0.0615. The predicted octanol–water partition coefficient (Wildman–Crippen LogP) is 3.03. The normalized spacial score (nSPS) is 14.9. The van der Waals surface area contributed by atoms with Crippen LogP contribution in [-0.4, -0.2) is 29.1 Å². The summed E-state index contributed by atoms with van der Waals surface area (Å²) in [5.74, 6) is 0. The molecule has 1 saturated carbocycles. The van der Waals surface area contributed by atoms with Gasteiger partial charge in [0.25, 0.3) is 10.0 Å². The Morgan fingerprint density at radius 1 is 0.962 bits per heavy atom. The molecule has 140 valence electrons. The Balaban J connectivity index is 2.01. The van der Waals surface area contributed by atoms with Crippen molar-refractivity contribution in [3.8, 4) is 0 Å². The first-order valence-electron chi connectivity index (χ1n) is 8.27. The van der Waals surface area contributed by atoms with Crippen LogP contribution >= 0.6 is 0 Å². The van der Waals surface area contributed by atoms with Gasteiger partial charge in [-0.15, -0.1) is 0 Å². The van der Waals surface area contributed by atoms with Gasteiger partial charge in [0.2, 0.25) is 10.0 Å². The monoisotopic (exact) mass is 394 g/mol. The fourth-order valence-electron chi connectivity index (χ4n) is 2.84. The van der Waals surface area contributed by atoms with E-state index in [4.69, 9.17) is 0 Å². The van der Waals surface area contributed by atoms with Gasteiger partial charge >= 0.3 is 0 Å². The van der Waals surface area contributed by atoms with Gasteiger partial charge < -0.3 is 0 Å². The first-order valence-corrected chi connectivity index (χ1v) is 11.6. The maximum Gasteiger partial charge on any atom is 0.264 e. The van der Waals surface area contributed by atoms with Gasteiger partial charge in [-0.25, -0.2) is 16.8 Å². The number of hydrogen-bond donors (Lipinski definition) is 1. The van der Waals surface area contributed by atoms with E-state index < -0.39 is 20.0 Å². The van der Waals surface area contributed by atoms with E-state index in [1.807, 2.05) is 19.1 Å². The number of sulfonamides is 2. The first kappa shape index (κ1) is 18.7. The van der Waals surface area contributed by atoms with E-state index >= 15 is 0 Å². The molecule has 6 nitrogen and oxygen atoms in total. The van der Waals surface area contributed by atoms with Gasteiger partial charge in [-0.1, -0.05) is 12.1 Å². The maximum atomic E-state index is 13.3. The number of nitrogens with one attached hydrogen (secondary N) is 1. The Labute approximate surface area is 155 Å². The number of nitrogens with zero attached hydrogens (tertiary/aromatic N) is 1. The Hall–Kier alpha value is -2.06. The van der Waals surface area contributed by atoms with E-state index in [1.165, 1.54) is 4.31 Å². The van der Waals surface area contributed by atoms with Crippen LogP contribution in [0.1, 0.15) is 24.0 Å². The van der Waals surface area contributed by atoms with Crippen molar-refractivity contribution in [1.29, 1.82) is 0 Å². The third kappa shape index (κ3) is 4.02. The number of rotatable bonds is 6. The molecule has 0 aromatic heterocycles. The molecule has 2 aromatic carbocycles. The van der Waals surface area contributed by atoms with Crippen molar-refractivity contribution in [2.24, 2.45) is 0 Å². The smallest absolute Gasteiger partial charge is 0.264 e. The minimum Gasteiger partial charge on any atom is -0.284 e. The van der Waals surface area contributed by atoms with Crippen LogP contribution in [-0.2, 0) is 20.0 Å². The summed E-state index contributed by atoms with van der Waals surface area (Å²) in [7, 11) is -7.08. The molecule has 0 heterocycles. The summed E-state index contributed by atoms with van der Waals surface area (Å²) in [5.41, 5.74) is 2.53. The van der Waals surface area contributed by atoms with Gasteiger partial charge in [-0.2, -0.15) is 0 Å². The molecule has 0 bridgehead atoms. The molecular formula is C18H22N2O4S2. The summed E-state index contributed by atoms with van der Waals surface area (Å²) in [5, 5.41) is 0. The highest BCUT2D eigenvalue weighted by Crippen LogP contribution is 2.37. The molecule has 1 aliphatic carbocycles. The summed E-state index contributed by atoms with van der Waals surface area (Å²) in [6.07, 6.45) is 2.70. The van der Waals surface area contributed by atoms with Gasteiger partial charge in [0.05, 0.1) is 16.8 Å². The molecule has 0 atom stereocenters. The molecule has 1 aliphatic rings. The molecule has 0 radical (unpaired) electrons. The molecule has 0 aliphatic heterocycles. The average Bonchev–Trinajstić information content (AvgIpc) is 3.34. The molecule has 26 heavy (non-hydrogen) atoms. The zero-order valence-corrected chi connectivity index (χ0v) is 16.6.